The smallest absolute Gasteiger partial charge is 0.276 e. The molecule has 1 atom stereocenters. The monoisotopic (exact) mass is 305 g/mol. The predicted octanol–water partition coefficient (Wildman–Crippen LogP) is 2.37. The molecule has 0 fully saturated rings. The topological polar surface area (TPSA) is 48.5 Å². The lowest BCUT2D eigenvalue weighted by Gasteiger charge is -2.05. The fraction of sp³-hybridized carbons (Fsp3) is 0.444. The molecule has 0 aliphatic rings. The third-order valence-corrected chi connectivity index (χ3v) is 2.70. The lowest BCUT2D eigenvalue weighted by Crippen LogP contribution is -2.09. The van der Waals surface area contributed by atoms with Gasteiger partial charge in [0.2, 0.25) is 0 Å². The van der Waals surface area contributed by atoms with Gasteiger partial charge in [-0.3, -0.25) is 4.57 Å². The molecule has 1 unspecified atom stereocenters. The molecule has 5 nitrogen and oxygen atoms in total. The zero-order valence-electron chi connectivity index (χ0n) is 8.96. The van der Waals surface area contributed by atoms with Crippen LogP contribution >= 0.6 is 15.9 Å². The maximum absolute atomic E-state index is 12.6. The number of halogens is 3. The zero-order valence-corrected chi connectivity index (χ0v) is 10.5. The highest BCUT2D eigenvalue weighted by molar-refractivity contribution is 9.09. The Balaban J connectivity index is 2.17. The minimum absolute atomic E-state index is 0.0751. The van der Waals surface area contributed by atoms with E-state index in [1.165, 1.54) is 17.1 Å². The Kier molecular flexibility index (Phi) is 3.51. The number of hydrogen-bond donors (Lipinski definition) is 0. The lowest BCUT2D eigenvalue weighted by atomic mass is 10.4. The van der Waals surface area contributed by atoms with E-state index in [0.29, 0.717) is 0 Å². The van der Waals surface area contributed by atoms with Gasteiger partial charge in [0.05, 0.1) is 16.7 Å². The molecule has 0 radical (unpaired) electrons. The minimum atomic E-state index is -2.59. The van der Waals surface area contributed by atoms with Crippen LogP contribution in [0.2, 0.25) is 0 Å². The van der Waals surface area contributed by atoms with Crippen LogP contribution in [0.4, 0.5) is 8.78 Å². The third-order valence-electron chi connectivity index (χ3n) is 2.23. The zero-order chi connectivity index (χ0) is 12.4. The van der Waals surface area contributed by atoms with E-state index in [1.54, 1.807) is 6.20 Å². The molecule has 0 saturated carbocycles. The fourth-order valence-electron chi connectivity index (χ4n) is 1.36. The normalized spacial score (nSPS) is 13.2. The minimum Gasteiger partial charge on any atom is -0.276 e. The van der Waals surface area contributed by atoms with E-state index < -0.39 is 6.55 Å². The summed E-state index contributed by atoms with van der Waals surface area (Å²) in [6.07, 6.45) is 4.28. The SMILES string of the molecule is CC(Br)c1cn(Cc2nccn2C(F)F)nn1. The van der Waals surface area contributed by atoms with Gasteiger partial charge in [-0.2, -0.15) is 8.78 Å². The highest BCUT2D eigenvalue weighted by Gasteiger charge is 2.13. The van der Waals surface area contributed by atoms with Crippen LogP contribution in [0.25, 0.3) is 0 Å². The average Bonchev–Trinajstić information content (AvgIpc) is 2.86. The van der Waals surface area contributed by atoms with Gasteiger partial charge in [-0.25, -0.2) is 9.67 Å². The van der Waals surface area contributed by atoms with Crippen molar-refractivity contribution in [3.63, 3.8) is 0 Å². The highest BCUT2D eigenvalue weighted by atomic mass is 79.9. The van der Waals surface area contributed by atoms with E-state index in [0.717, 1.165) is 10.3 Å². The predicted molar refractivity (Wildman–Crippen MR) is 59.9 cm³/mol. The third kappa shape index (κ3) is 2.68. The first kappa shape index (κ1) is 12.2. The lowest BCUT2D eigenvalue weighted by molar-refractivity contribution is 0.0665. The van der Waals surface area contributed by atoms with Crippen LogP contribution in [-0.4, -0.2) is 24.5 Å². The molecule has 17 heavy (non-hydrogen) atoms. The quantitative estimate of drug-likeness (QED) is 0.815. The molecule has 0 saturated heterocycles. The summed E-state index contributed by atoms with van der Waals surface area (Å²) < 4.78 is 27.4. The van der Waals surface area contributed by atoms with E-state index in [-0.39, 0.29) is 17.2 Å². The van der Waals surface area contributed by atoms with Crippen LogP contribution < -0.4 is 0 Å². The molecule has 0 aliphatic heterocycles. The van der Waals surface area contributed by atoms with Gasteiger partial charge in [-0.05, 0) is 6.92 Å². The molecule has 2 aromatic rings. The van der Waals surface area contributed by atoms with Gasteiger partial charge >= 0.3 is 6.55 Å². The van der Waals surface area contributed by atoms with Crippen LogP contribution in [0.5, 0.6) is 0 Å². The van der Waals surface area contributed by atoms with Crippen LogP contribution in [0.3, 0.4) is 0 Å². The molecule has 92 valence electrons. The van der Waals surface area contributed by atoms with Crippen LogP contribution in [0, 0.1) is 0 Å². The van der Waals surface area contributed by atoms with E-state index in [1.807, 2.05) is 6.92 Å². The molecule has 2 rings (SSSR count). The number of rotatable bonds is 4. The molecule has 0 N–H and O–H groups in total. The Morgan fingerprint density at radius 2 is 2.24 bits per heavy atom. The Bertz CT molecular complexity index is 493. The second kappa shape index (κ2) is 4.91. The standard InChI is InChI=1S/C9H10BrF2N5/c1-6(10)7-4-16(15-14-7)5-8-13-2-3-17(8)9(11)12/h2-4,6,9H,5H2,1H3. The van der Waals surface area contributed by atoms with Gasteiger partial charge < -0.3 is 0 Å². The van der Waals surface area contributed by atoms with E-state index in [4.69, 9.17) is 0 Å². The average molecular weight is 306 g/mol. The molecule has 0 aromatic carbocycles. The molecular formula is C9H10BrF2N5. The summed E-state index contributed by atoms with van der Waals surface area (Å²) in [5.74, 6) is 0.249. The first-order chi connectivity index (χ1) is 8.08. The Hall–Kier alpha value is -1.31. The Morgan fingerprint density at radius 1 is 1.47 bits per heavy atom. The Morgan fingerprint density at radius 3 is 2.82 bits per heavy atom. The van der Waals surface area contributed by atoms with Crippen molar-refractivity contribution in [3.05, 3.63) is 30.1 Å². The van der Waals surface area contributed by atoms with Gasteiger partial charge in [-0.15, -0.1) is 5.10 Å². The second-order valence-electron chi connectivity index (χ2n) is 3.49. The maximum atomic E-state index is 12.6. The number of imidazole rings is 1. The molecule has 0 bridgehead atoms. The fourth-order valence-corrected chi connectivity index (χ4v) is 1.57. The molecule has 0 aliphatic carbocycles. The number of aromatic nitrogens is 5. The van der Waals surface area contributed by atoms with Crippen molar-refractivity contribution < 1.29 is 8.78 Å². The molecule has 0 amide bonds. The number of nitrogens with zero attached hydrogens (tertiary/aromatic N) is 5. The number of hydrogen-bond acceptors (Lipinski definition) is 3. The van der Waals surface area contributed by atoms with Crippen molar-refractivity contribution >= 4 is 15.9 Å². The number of alkyl halides is 3. The summed E-state index contributed by atoms with van der Waals surface area (Å²) in [5.41, 5.74) is 0.750. The summed E-state index contributed by atoms with van der Waals surface area (Å²) in [7, 11) is 0. The van der Waals surface area contributed by atoms with Crippen molar-refractivity contribution in [1.82, 2.24) is 24.5 Å². The molecular weight excluding hydrogens is 296 g/mol. The van der Waals surface area contributed by atoms with E-state index >= 15 is 0 Å². The van der Waals surface area contributed by atoms with Crippen molar-refractivity contribution in [3.8, 4) is 0 Å². The summed E-state index contributed by atoms with van der Waals surface area (Å²) in [5, 5.41) is 7.76. The maximum Gasteiger partial charge on any atom is 0.319 e. The van der Waals surface area contributed by atoms with E-state index in [2.05, 4.69) is 31.2 Å². The summed E-state index contributed by atoms with van der Waals surface area (Å²) in [6, 6.07) is 0. The molecule has 8 heteroatoms. The van der Waals surface area contributed by atoms with Crippen molar-refractivity contribution in [1.29, 1.82) is 0 Å². The molecule has 2 heterocycles. The van der Waals surface area contributed by atoms with Gasteiger partial charge in [0, 0.05) is 12.4 Å². The first-order valence-electron chi connectivity index (χ1n) is 4.92. The summed E-state index contributed by atoms with van der Waals surface area (Å²) in [6.45, 7) is -0.510. The van der Waals surface area contributed by atoms with Crippen molar-refractivity contribution in [2.75, 3.05) is 0 Å². The van der Waals surface area contributed by atoms with Crippen molar-refractivity contribution in [2.24, 2.45) is 0 Å². The van der Waals surface area contributed by atoms with Gasteiger partial charge in [0.25, 0.3) is 0 Å². The van der Waals surface area contributed by atoms with Gasteiger partial charge in [-0.1, -0.05) is 21.1 Å². The van der Waals surface area contributed by atoms with Crippen molar-refractivity contribution in [2.45, 2.75) is 24.8 Å². The molecule has 0 spiro atoms. The van der Waals surface area contributed by atoms with Gasteiger partial charge in [0.1, 0.15) is 12.4 Å². The van der Waals surface area contributed by atoms with Crippen LogP contribution in [0.15, 0.2) is 18.6 Å². The molecule has 2 aromatic heterocycles. The summed E-state index contributed by atoms with van der Waals surface area (Å²) >= 11 is 3.35. The van der Waals surface area contributed by atoms with E-state index in [9.17, 15) is 8.78 Å². The highest BCUT2D eigenvalue weighted by Crippen LogP contribution is 2.18. The summed E-state index contributed by atoms with van der Waals surface area (Å²) in [4.78, 5) is 3.94. The Labute approximate surface area is 105 Å². The van der Waals surface area contributed by atoms with Gasteiger partial charge in [0.15, 0.2) is 0 Å². The van der Waals surface area contributed by atoms with Crippen LogP contribution in [0.1, 0.15) is 29.8 Å². The second-order valence-corrected chi connectivity index (χ2v) is 4.86. The first-order valence-corrected chi connectivity index (χ1v) is 5.83. The largest absolute Gasteiger partial charge is 0.319 e. The van der Waals surface area contributed by atoms with Crippen LogP contribution in [-0.2, 0) is 6.54 Å².